The summed E-state index contributed by atoms with van der Waals surface area (Å²) in [5.41, 5.74) is 0.701. The fraction of sp³-hybridized carbons (Fsp3) is 0.500. The first kappa shape index (κ1) is 11.6. The Morgan fingerprint density at radius 3 is 2.64 bits per heavy atom. The van der Waals surface area contributed by atoms with E-state index in [1.807, 2.05) is 7.05 Å². The van der Waals surface area contributed by atoms with Gasteiger partial charge in [-0.15, -0.1) is 0 Å². The molecule has 4 nitrogen and oxygen atoms in total. The topological polar surface area (TPSA) is 51.1 Å². The van der Waals surface area contributed by atoms with Crippen molar-refractivity contribution in [2.75, 3.05) is 19.8 Å². The van der Waals surface area contributed by atoms with Crippen molar-refractivity contribution < 1.29 is 8.42 Å². The average Bonchev–Trinajstić information content (AvgIpc) is 2.42. The van der Waals surface area contributed by atoms with Gasteiger partial charge in [0.25, 0.3) is 0 Å². The highest BCUT2D eigenvalue weighted by Crippen LogP contribution is 2.17. The molecule has 0 radical (unpaired) electrons. The van der Waals surface area contributed by atoms with Gasteiger partial charge in [-0.3, -0.25) is 0 Å². The third-order valence-electron chi connectivity index (χ3n) is 1.83. The highest BCUT2D eigenvalue weighted by Gasteiger charge is 2.14. The molecule has 0 aliphatic rings. The summed E-state index contributed by atoms with van der Waals surface area (Å²) in [6.07, 6.45) is 1.78. The lowest BCUT2D eigenvalue weighted by Crippen LogP contribution is -2.17. The molecule has 14 heavy (non-hydrogen) atoms. The first-order chi connectivity index (χ1) is 6.46. The normalized spacial score (nSPS) is 11.9. The summed E-state index contributed by atoms with van der Waals surface area (Å²) in [6, 6.07) is 3.31. The van der Waals surface area contributed by atoms with Crippen LogP contribution in [0.1, 0.15) is 5.69 Å². The van der Waals surface area contributed by atoms with E-state index in [-0.39, 0.29) is 5.15 Å². The Labute approximate surface area is 88.9 Å². The molecular formula is C8H13ClN2O2S. The lowest BCUT2D eigenvalue weighted by Gasteiger charge is -2.07. The second-order valence-electron chi connectivity index (χ2n) is 3.03. The van der Waals surface area contributed by atoms with Gasteiger partial charge in [0.05, 0.1) is 6.26 Å². The minimum absolute atomic E-state index is 0.235. The molecule has 0 spiro atoms. The lowest BCUT2D eigenvalue weighted by atomic mass is 10.3. The Kier molecular flexibility index (Phi) is 3.58. The summed E-state index contributed by atoms with van der Waals surface area (Å²) in [7, 11) is -1.48. The van der Waals surface area contributed by atoms with E-state index >= 15 is 0 Å². The van der Waals surface area contributed by atoms with Crippen molar-refractivity contribution in [2.45, 2.75) is 6.42 Å². The van der Waals surface area contributed by atoms with Gasteiger partial charge >= 0.3 is 0 Å². The molecular weight excluding hydrogens is 224 g/mol. The molecule has 0 aliphatic heterocycles. The van der Waals surface area contributed by atoms with E-state index in [1.165, 1.54) is 0 Å². The number of aromatic nitrogens is 1. The first-order valence-electron chi connectivity index (χ1n) is 4.18. The van der Waals surface area contributed by atoms with Crippen LogP contribution in [-0.2, 0) is 16.4 Å². The number of halogens is 1. The van der Waals surface area contributed by atoms with Crippen LogP contribution in [0.3, 0.4) is 0 Å². The minimum atomic E-state index is -3.29. The molecule has 1 aromatic heterocycles. The highest BCUT2D eigenvalue weighted by atomic mass is 35.5. The van der Waals surface area contributed by atoms with Gasteiger partial charge in [-0.05, 0) is 19.2 Å². The number of likely N-dealkylation sites (N-methyl/N-ethyl adjacent to an activating group) is 1. The van der Waals surface area contributed by atoms with E-state index in [2.05, 4.69) is 5.32 Å². The second-order valence-corrected chi connectivity index (χ2v) is 5.25. The Morgan fingerprint density at radius 2 is 2.14 bits per heavy atom. The summed E-state index contributed by atoms with van der Waals surface area (Å²) in [6.45, 7) is 0.718. The van der Waals surface area contributed by atoms with Crippen LogP contribution in [0.5, 0.6) is 0 Å². The van der Waals surface area contributed by atoms with Crippen LogP contribution < -0.4 is 5.32 Å². The Bertz CT molecular complexity index is 411. The van der Waals surface area contributed by atoms with Crippen molar-refractivity contribution in [3.05, 3.63) is 23.0 Å². The van der Waals surface area contributed by atoms with E-state index in [1.54, 1.807) is 12.1 Å². The van der Waals surface area contributed by atoms with Crippen LogP contribution in [0.2, 0.25) is 5.15 Å². The van der Waals surface area contributed by atoms with Gasteiger partial charge < -0.3 is 5.32 Å². The van der Waals surface area contributed by atoms with Gasteiger partial charge in [0.1, 0.15) is 5.15 Å². The molecule has 1 aromatic rings. The van der Waals surface area contributed by atoms with Crippen LogP contribution in [0, 0.1) is 0 Å². The summed E-state index contributed by atoms with van der Waals surface area (Å²) < 4.78 is 23.9. The van der Waals surface area contributed by atoms with Gasteiger partial charge in [0.2, 0.25) is 10.0 Å². The van der Waals surface area contributed by atoms with E-state index in [0.717, 1.165) is 16.8 Å². The Morgan fingerprint density at radius 1 is 1.50 bits per heavy atom. The van der Waals surface area contributed by atoms with Gasteiger partial charge in [0.15, 0.2) is 0 Å². The quantitative estimate of drug-likeness (QED) is 0.838. The van der Waals surface area contributed by atoms with Gasteiger partial charge in [-0.1, -0.05) is 11.6 Å². The van der Waals surface area contributed by atoms with E-state index in [4.69, 9.17) is 11.6 Å². The average molecular weight is 237 g/mol. The molecule has 0 atom stereocenters. The van der Waals surface area contributed by atoms with Crippen molar-refractivity contribution in [1.29, 1.82) is 0 Å². The van der Waals surface area contributed by atoms with Crippen LogP contribution in [0.4, 0.5) is 0 Å². The van der Waals surface area contributed by atoms with Crippen molar-refractivity contribution >= 4 is 21.6 Å². The van der Waals surface area contributed by atoms with Crippen LogP contribution in [0.15, 0.2) is 12.1 Å². The zero-order valence-corrected chi connectivity index (χ0v) is 9.69. The number of hydrogen-bond donors (Lipinski definition) is 1. The molecule has 80 valence electrons. The largest absolute Gasteiger partial charge is 0.319 e. The summed E-state index contributed by atoms with van der Waals surface area (Å²) in [5.74, 6) is 0. The Hall–Kier alpha value is -0.520. The standard InChI is InChI=1S/C8H13ClN2O2S/c1-10-6-5-7-3-4-8(9)11(7)14(2,12)13/h3-4,10H,5-6H2,1-2H3. The number of rotatable bonds is 4. The van der Waals surface area contributed by atoms with Gasteiger partial charge in [-0.25, -0.2) is 12.4 Å². The maximum absolute atomic E-state index is 11.4. The molecule has 6 heteroatoms. The number of hydrogen-bond acceptors (Lipinski definition) is 3. The van der Waals surface area contributed by atoms with Crippen molar-refractivity contribution in [2.24, 2.45) is 0 Å². The molecule has 1 heterocycles. The smallest absolute Gasteiger partial charge is 0.237 e. The molecule has 1 N–H and O–H groups in total. The molecule has 0 fully saturated rings. The van der Waals surface area contributed by atoms with Crippen LogP contribution in [0.25, 0.3) is 0 Å². The van der Waals surface area contributed by atoms with E-state index in [9.17, 15) is 8.42 Å². The highest BCUT2D eigenvalue weighted by molar-refractivity contribution is 7.89. The molecule has 1 rings (SSSR count). The molecule has 0 aliphatic carbocycles. The molecule has 0 saturated carbocycles. The third-order valence-corrected chi connectivity index (χ3v) is 3.32. The van der Waals surface area contributed by atoms with Crippen molar-refractivity contribution in [3.63, 3.8) is 0 Å². The summed E-state index contributed by atoms with van der Waals surface area (Å²) in [5, 5.41) is 3.19. The second kappa shape index (κ2) is 4.33. The number of nitrogens with zero attached hydrogens (tertiary/aromatic N) is 1. The van der Waals surface area contributed by atoms with E-state index < -0.39 is 10.0 Å². The molecule has 0 aromatic carbocycles. The lowest BCUT2D eigenvalue weighted by molar-refractivity contribution is 0.590. The molecule has 0 saturated heterocycles. The predicted molar refractivity (Wildman–Crippen MR) is 57.3 cm³/mol. The Balaban J connectivity index is 3.07. The van der Waals surface area contributed by atoms with Gasteiger partial charge in [-0.2, -0.15) is 0 Å². The third kappa shape index (κ3) is 2.50. The number of nitrogens with one attached hydrogen (secondary N) is 1. The van der Waals surface area contributed by atoms with Gasteiger partial charge in [0, 0.05) is 18.7 Å². The summed E-state index contributed by atoms with van der Waals surface area (Å²) >= 11 is 5.77. The SMILES string of the molecule is CNCCc1ccc(Cl)n1S(C)(=O)=O. The first-order valence-corrected chi connectivity index (χ1v) is 6.40. The maximum atomic E-state index is 11.4. The zero-order valence-electron chi connectivity index (χ0n) is 8.12. The molecule has 0 amide bonds. The monoisotopic (exact) mass is 236 g/mol. The van der Waals surface area contributed by atoms with Crippen molar-refractivity contribution in [3.8, 4) is 0 Å². The maximum Gasteiger partial charge on any atom is 0.237 e. The molecule has 0 unspecified atom stereocenters. The fourth-order valence-corrected chi connectivity index (χ4v) is 2.75. The van der Waals surface area contributed by atoms with Crippen molar-refractivity contribution in [1.82, 2.24) is 9.29 Å². The molecule has 0 bridgehead atoms. The zero-order chi connectivity index (χ0) is 10.8. The minimum Gasteiger partial charge on any atom is -0.319 e. The van der Waals surface area contributed by atoms with Crippen LogP contribution >= 0.6 is 11.6 Å². The van der Waals surface area contributed by atoms with Crippen LogP contribution in [-0.4, -0.2) is 32.2 Å². The fourth-order valence-electron chi connectivity index (χ4n) is 1.25. The predicted octanol–water partition coefficient (Wildman–Crippen LogP) is 0.711. The summed E-state index contributed by atoms with van der Waals surface area (Å²) in [4.78, 5) is 0. The van der Waals surface area contributed by atoms with E-state index in [0.29, 0.717) is 12.1 Å².